The summed E-state index contributed by atoms with van der Waals surface area (Å²) in [4.78, 5) is 10.3. The minimum Gasteiger partial charge on any atom is -0.484 e. The van der Waals surface area contributed by atoms with Crippen LogP contribution in [-0.4, -0.2) is 23.8 Å². The lowest BCUT2D eigenvalue weighted by atomic mass is 9.79. The number of allylic oxidation sites excluding steroid dienone is 3. The number of nitrogens with two attached hydrogens (primary N) is 1. The molecule has 2 N–H and O–H groups in total. The zero-order chi connectivity index (χ0) is 35.0. The van der Waals surface area contributed by atoms with Crippen LogP contribution >= 0.6 is 0 Å². The first-order valence-electron chi connectivity index (χ1n) is 18.1. The molecule has 4 heteroatoms. The van der Waals surface area contributed by atoms with E-state index < -0.39 is 0 Å². The molecular formula is C48H39N3O. The molecule has 252 valence electrons. The molecule has 2 aliphatic carbocycles. The van der Waals surface area contributed by atoms with E-state index in [1.807, 2.05) is 30.3 Å². The highest BCUT2D eigenvalue weighted by Gasteiger charge is 2.40. The van der Waals surface area contributed by atoms with Crippen molar-refractivity contribution in [2.24, 2.45) is 15.7 Å². The van der Waals surface area contributed by atoms with Crippen LogP contribution in [0.2, 0.25) is 0 Å². The summed E-state index contributed by atoms with van der Waals surface area (Å²) in [7, 11) is 0. The van der Waals surface area contributed by atoms with E-state index in [0.717, 1.165) is 40.9 Å². The van der Waals surface area contributed by atoms with E-state index in [1.165, 1.54) is 43.8 Å². The molecule has 3 atom stereocenters. The second-order valence-corrected chi connectivity index (χ2v) is 13.8. The van der Waals surface area contributed by atoms with Gasteiger partial charge in [0.05, 0.1) is 6.04 Å². The standard InChI is InChI=1S/C48H39N3O/c1-31(50-48(36-16-6-3-7-17-36)51-47(49)35-14-4-2-5-15-35)39-27-28-42(46-45(39)43-29-37-18-8-9-19-38(37)30-44(43)52-46)34-25-23-33(24-26-34)41-22-12-20-32-13-10-11-21-40(32)41/h2-4,6-14,16-31,42,46H,5,15H2,1H3,(H2,49,50,51). The Morgan fingerprint density at radius 1 is 0.769 bits per heavy atom. The van der Waals surface area contributed by atoms with Crippen molar-refractivity contribution < 1.29 is 4.74 Å². The molecular weight excluding hydrogens is 635 g/mol. The molecule has 3 aliphatic rings. The zero-order valence-corrected chi connectivity index (χ0v) is 29.1. The van der Waals surface area contributed by atoms with Crippen molar-refractivity contribution in [3.63, 3.8) is 0 Å². The summed E-state index contributed by atoms with van der Waals surface area (Å²) >= 11 is 0. The first-order chi connectivity index (χ1) is 25.6. The Balaban J connectivity index is 1.13. The number of hydrogen-bond acceptors (Lipinski definition) is 2. The Kier molecular flexibility index (Phi) is 8.21. The van der Waals surface area contributed by atoms with Gasteiger partial charge < -0.3 is 10.5 Å². The van der Waals surface area contributed by atoms with Crippen LogP contribution in [0.15, 0.2) is 185 Å². The van der Waals surface area contributed by atoms with Crippen molar-refractivity contribution >= 4 is 38.8 Å². The average molecular weight is 674 g/mol. The van der Waals surface area contributed by atoms with Gasteiger partial charge in [-0.15, -0.1) is 0 Å². The molecule has 3 unspecified atom stereocenters. The number of hydrogen-bond donors (Lipinski definition) is 1. The second kappa shape index (κ2) is 13.5. The van der Waals surface area contributed by atoms with Crippen molar-refractivity contribution in [3.05, 3.63) is 192 Å². The summed E-state index contributed by atoms with van der Waals surface area (Å²) in [5, 5.41) is 4.86. The van der Waals surface area contributed by atoms with E-state index >= 15 is 0 Å². The van der Waals surface area contributed by atoms with Crippen LogP contribution in [0, 0.1) is 0 Å². The Bertz CT molecular complexity index is 2510. The topological polar surface area (TPSA) is 60.0 Å². The highest BCUT2D eigenvalue weighted by molar-refractivity contribution is 6.11. The molecule has 0 saturated carbocycles. The number of fused-ring (bicyclic) bond motifs is 5. The molecule has 1 heterocycles. The predicted octanol–water partition coefficient (Wildman–Crippen LogP) is 11.0. The van der Waals surface area contributed by atoms with Gasteiger partial charge in [-0.3, -0.25) is 4.99 Å². The van der Waals surface area contributed by atoms with E-state index in [1.54, 1.807) is 0 Å². The lowest BCUT2D eigenvalue weighted by molar-refractivity contribution is 0.257. The minimum atomic E-state index is -0.212. The van der Waals surface area contributed by atoms with Gasteiger partial charge >= 0.3 is 0 Å². The zero-order valence-electron chi connectivity index (χ0n) is 29.1. The van der Waals surface area contributed by atoms with Crippen molar-refractivity contribution in [2.45, 2.75) is 37.8 Å². The molecule has 0 radical (unpaired) electrons. The first-order valence-corrected chi connectivity index (χ1v) is 18.1. The van der Waals surface area contributed by atoms with Crippen LogP contribution in [-0.2, 0) is 0 Å². The molecule has 9 rings (SSSR count). The van der Waals surface area contributed by atoms with E-state index in [4.69, 9.17) is 20.5 Å². The molecule has 6 aromatic carbocycles. The summed E-state index contributed by atoms with van der Waals surface area (Å²) in [6.07, 6.45) is 12.5. The predicted molar refractivity (Wildman–Crippen MR) is 217 cm³/mol. The normalized spacial score (nSPS) is 19.0. The molecule has 0 saturated heterocycles. The fourth-order valence-corrected chi connectivity index (χ4v) is 7.87. The first kappa shape index (κ1) is 31.7. The minimum absolute atomic E-state index is 0.0283. The number of aliphatic imine (C=N–C) groups is 2. The number of amidine groups is 2. The third kappa shape index (κ3) is 5.86. The van der Waals surface area contributed by atoms with Crippen LogP contribution in [0.1, 0.15) is 42.4 Å². The molecule has 4 nitrogen and oxygen atoms in total. The average Bonchev–Trinajstić information content (AvgIpc) is 3.58. The van der Waals surface area contributed by atoms with Gasteiger partial charge in [0.2, 0.25) is 0 Å². The Morgan fingerprint density at radius 3 is 2.29 bits per heavy atom. The van der Waals surface area contributed by atoms with Crippen molar-refractivity contribution in [1.29, 1.82) is 0 Å². The molecule has 1 aliphatic heterocycles. The summed E-state index contributed by atoms with van der Waals surface area (Å²) in [5.74, 6) is 2.08. The Labute approximate surface area is 304 Å². The maximum absolute atomic E-state index is 6.95. The van der Waals surface area contributed by atoms with Crippen molar-refractivity contribution in [3.8, 4) is 16.9 Å². The van der Waals surface area contributed by atoms with Crippen LogP contribution in [0.4, 0.5) is 0 Å². The van der Waals surface area contributed by atoms with Crippen LogP contribution < -0.4 is 10.5 Å². The fraction of sp³-hybridized carbons (Fsp3) is 0.125. The number of ether oxygens (including phenoxy) is 1. The van der Waals surface area contributed by atoms with Crippen molar-refractivity contribution in [1.82, 2.24) is 0 Å². The maximum Gasteiger partial charge on any atom is 0.157 e. The van der Waals surface area contributed by atoms with E-state index in [-0.39, 0.29) is 18.1 Å². The van der Waals surface area contributed by atoms with Crippen LogP contribution in [0.5, 0.6) is 5.75 Å². The second-order valence-electron chi connectivity index (χ2n) is 13.8. The molecule has 6 aromatic rings. The lowest BCUT2D eigenvalue weighted by Crippen LogP contribution is -2.26. The quantitative estimate of drug-likeness (QED) is 0.141. The monoisotopic (exact) mass is 673 g/mol. The summed E-state index contributed by atoms with van der Waals surface area (Å²) in [6, 6.07) is 47.0. The van der Waals surface area contributed by atoms with E-state index in [2.05, 4.69) is 140 Å². The van der Waals surface area contributed by atoms with Gasteiger partial charge in [0.15, 0.2) is 5.84 Å². The highest BCUT2D eigenvalue weighted by atomic mass is 16.5. The maximum atomic E-state index is 6.95. The third-order valence-corrected chi connectivity index (χ3v) is 10.6. The molecule has 0 spiro atoms. The number of nitrogens with zero attached hydrogens (tertiary/aromatic N) is 2. The summed E-state index contributed by atoms with van der Waals surface area (Å²) in [5.41, 5.74) is 15.7. The SMILES string of the molecule is CC(/N=C(\N=C(/N)C1=CC=CCC1)c1ccccc1)C1=C2c3cc4ccccc4cc3OC2C(c2ccc(-c3cccc4ccccc34)cc2)C=C1. The van der Waals surface area contributed by atoms with Gasteiger partial charge in [0.1, 0.15) is 17.7 Å². The van der Waals surface area contributed by atoms with Gasteiger partial charge in [-0.05, 0) is 81.3 Å². The largest absolute Gasteiger partial charge is 0.484 e. The number of benzene rings is 6. The van der Waals surface area contributed by atoms with Gasteiger partial charge in [0.25, 0.3) is 0 Å². The van der Waals surface area contributed by atoms with Gasteiger partial charge in [-0.2, -0.15) is 0 Å². The molecule has 0 amide bonds. The van der Waals surface area contributed by atoms with E-state index in [0.29, 0.717) is 11.7 Å². The molecule has 0 aromatic heterocycles. The highest BCUT2D eigenvalue weighted by Crippen LogP contribution is 2.50. The third-order valence-electron chi connectivity index (χ3n) is 10.6. The van der Waals surface area contributed by atoms with Crippen molar-refractivity contribution in [2.75, 3.05) is 0 Å². The lowest BCUT2D eigenvalue weighted by Gasteiger charge is -2.29. The van der Waals surface area contributed by atoms with Gasteiger partial charge in [0, 0.05) is 22.6 Å². The Hall–Kier alpha value is -6.26. The fourth-order valence-electron chi connectivity index (χ4n) is 7.87. The Morgan fingerprint density at radius 2 is 1.50 bits per heavy atom. The molecule has 52 heavy (non-hydrogen) atoms. The van der Waals surface area contributed by atoms with Gasteiger partial charge in [-0.1, -0.05) is 152 Å². The summed E-state index contributed by atoms with van der Waals surface area (Å²) < 4.78 is 6.95. The van der Waals surface area contributed by atoms with Crippen LogP contribution in [0.25, 0.3) is 38.2 Å². The van der Waals surface area contributed by atoms with Crippen LogP contribution in [0.3, 0.4) is 0 Å². The van der Waals surface area contributed by atoms with E-state index in [9.17, 15) is 0 Å². The smallest absolute Gasteiger partial charge is 0.157 e. The molecule has 0 bridgehead atoms. The summed E-state index contributed by atoms with van der Waals surface area (Å²) in [6.45, 7) is 2.15. The van der Waals surface area contributed by atoms with Gasteiger partial charge in [-0.25, -0.2) is 4.99 Å². The number of rotatable bonds is 6. The molecule has 0 fully saturated rings.